The molecule has 1 atom stereocenters. The summed E-state index contributed by atoms with van der Waals surface area (Å²) in [5.41, 5.74) is 1.79. The molecule has 0 saturated heterocycles. The molecule has 0 unspecified atom stereocenters. The monoisotopic (exact) mass is 423 g/mol. The summed E-state index contributed by atoms with van der Waals surface area (Å²) in [7, 11) is 0. The molecular weight excluding hydrogens is 398 g/mol. The van der Waals surface area contributed by atoms with E-state index in [1.165, 1.54) is 0 Å². The Morgan fingerprint density at radius 2 is 1.90 bits per heavy atom. The van der Waals surface area contributed by atoms with Crippen LogP contribution in [0.5, 0.6) is 11.5 Å². The zero-order valence-corrected chi connectivity index (χ0v) is 17.5. The van der Waals surface area contributed by atoms with Crippen LogP contribution in [0.25, 0.3) is 10.9 Å². The molecule has 1 aliphatic heterocycles. The molecule has 31 heavy (non-hydrogen) atoms. The van der Waals surface area contributed by atoms with Gasteiger partial charge in [-0.05, 0) is 29.7 Å². The first-order chi connectivity index (χ1) is 15.0. The van der Waals surface area contributed by atoms with Gasteiger partial charge in [0.1, 0.15) is 0 Å². The lowest BCUT2D eigenvalue weighted by molar-refractivity contribution is -0.125. The van der Waals surface area contributed by atoms with Gasteiger partial charge in [0.05, 0.1) is 24.8 Å². The van der Waals surface area contributed by atoms with E-state index in [9.17, 15) is 9.59 Å². The number of rotatable bonds is 6. The number of hydrogen-bond acceptors (Lipinski definition) is 6. The van der Waals surface area contributed by atoms with Gasteiger partial charge in [-0.25, -0.2) is 4.79 Å². The van der Waals surface area contributed by atoms with Crippen LogP contribution in [-0.2, 0) is 9.53 Å². The summed E-state index contributed by atoms with van der Waals surface area (Å²) in [6.45, 7) is 4.83. The van der Waals surface area contributed by atoms with Crippen LogP contribution in [0.4, 0.5) is 0 Å². The summed E-state index contributed by atoms with van der Waals surface area (Å²) in [4.78, 5) is 24.9. The summed E-state index contributed by atoms with van der Waals surface area (Å²) >= 11 is 0. The SMILES string of the molecule is CC(C)[C@@H](NC(=O)COC(=O)c1n[nH]c2ccccc12)c1ccc2c(c1)OCCCO2. The third-order valence-electron chi connectivity index (χ3n) is 5.11. The van der Waals surface area contributed by atoms with E-state index in [-0.39, 0.29) is 23.6 Å². The molecule has 1 amide bonds. The number of hydrogen-bond donors (Lipinski definition) is 2. The van der Waals surface area contributed by atoms with Crippen molar-refractivity contribution in [1.82, 2.24) is 15.5 Å². The van der Waals surface area contributed by atoms with Gasteiger partial charge in [-0.15, -0.1) is 0 Å². The molecule has 0 fully saturated rings. The third kappa shape index (κ3) is 4.63. The number of ether oxygens (including phenoxy) is 3. The number of carbonyl (C=O) groups is 2. The minimum Gasteiger partial charge on any atom is -0.490 e. The van der Waals surface area contributed by atoms with E-state index in [0.717, 1.165) is 17.5 Å². The lowest BCUT2D eigenvalue weighted by Gasteiger charge is -2.23. The molecule has 2 aromatic carbocycles. The van der Waals surface area contributed by atoms with Crippen molar-refractivity contribution in [3.63, 3.8) is 0 Å². The molecule has 8 nitrogen and oxygen atoms in total. The Morgan fingerprint density at radius 1 is 1.13 bits per heavy atom. The number of H-pyrrole nitrogens is 1. The maximum atomic E-state index is 12.5. The van der Waals surface area contributed by atoms with Crippen molar-refractivity contribution in [2.24, 2.45) is 5.92 Å². The highest BCUT2D eigenvalue weighted by atomic mass is 16.5. The second-order valence-corrected chi connectivity index (χ2v) is 7.74. The highest BCUT2D eigenvalue weighted by molar-refractivity contribution is 6.02. The number of carbonyl (C=O) groups excluding carboxylic acids is 2. The van der Waals surface area contributed by atoms with E-state index in [1.807, 2.05) is 50.2 Å². The van der Waals surface area contributed by atoms with Gasteiger partial charge >= 0.3 is 5.97 Å². The first-order valence-corrected chi connectivity index (χ1v) is 10.3. The number of para-hydroxylation sites is 1. The maximum absolute atomic E-state index is 12.5. The molecule has 0 bridgehead atoms. The number of esters is 1. The zero-order chi connectivity index (χ0) is 21.8. The van der Waals surface area contributed by atoms with E-state index >= 15 is 0 Å². The fourth-order valence-corrected chi connectivity index (χ4v) is 3.54. The van der Waals surface area contributed by atoms with Gasteiger partial charge in [-0.3, -0.25) is 9.89 Å². The van der Waals surface area contributed by atoms with Crippen molar-refractivity contribution in [1.29, 1.82) is 0 Å². The molecule has 0 saturated carbocycles. The van der Waals surface area contributed by atoms with Crippen molar-refractivity contribution >= 4 is 22.8 Å². The van der Waals surface area contributed by atoms with Gasteiger partial charge in [-0.2, -0.15) is 5.10 Å². The minimum absolute atomic E-state index is 0.111. The standard InChI is InChI=1S/C23H25N3O5/c1-14(2)21(15-8-9-18-19(12-15)30-11-5-10-29-18)24-20(27)13-31-23(28)22-16-6-3-4-7-17(16)25-26-22/h3-4,6-9,12,14,21H,5,10-11,13H2,1-2H3,(H,24,27)(H,25,26)/t21-/m1/s1. The quantitative estimate of drug-likeness (QED) is 0.589. The number of nitrogens with zero attached hydrogens (tertiary/aromatic N) is 1. The van der Waals surface area contributed by atoms with Gasteiger partial charge in [-0.1, -0.05) is 38.1 Å². The van der Waals surface area contributed by atoms with Gasteiger partial charge in [0.2, 0.25) is 0 Å². The summed E-state index contributed by atoms with van der Waals surface area (Å²) in [6, 6.07) is 12.6. The van der Waals surface area contributed by atoms with Crippen LogP contribution in [0.15, 0.2) is 42.5 Å². The number of aromatic nitrogens is 2. The predicted molar refractivity (Wildman–Crippen MR) is 114 cm³/mol. The van der Waals surface area contributed by atoms with Gasteiger partial charge in [0, 0.05) is 11.8 Å². The van der Waals surface area contributed by atoms with E-state index < -0.39 is 12.6 Å². The van der Waals surface area contributed by atoms with Crippen LogP contribution in [0.3, 0.4) is 0 Å². The first-order valence-electron chi connectivity index (χ1n) is 10.3. The third-order valence-corrected chi connectivity index (χ3v) is 5.11. The first kappa shape index (κ1) is 20.7. The molecule has 8 heteroatoms. The minimum atomic E-state index is -0.649. The molecule has 0 spiro atoms. The van der Waals surface area contributed by atoms with Crippen LogP contribution in [0.1, 0.15) is 42.4 Å². The Labute approximate surface area is 179 Å². The average molecular weight is 423 g/mol. The molecule has 1 aliphatic rings. The molecule has 1 aromatic heterocycles. The van der Waals surface area contributed by atoms with Gasteiger partial charge < -0.3 is 19.5 Å². The lowest BCUT2D eigenvalue weighted by Crippen LogP contribution is -2.35. The lowest BCUT2D eigenvalue weighted by atomic mass is 9.95. The molecule has 0 aliphatic carbocycles. The van der Waals surface area contributed by atoms with E-state index in [4.69, 9.17) is 14.2 Å². The zero-order valence-electron chi connectivity index (χ0n) is 17.5. The Balaban J connectivity index is 1.41. The van der Waals surface area contributed by atoms with Crippen LogP contribution in [0.2, 0.25) is 0 Å². The average Bonchev–Trinajstić information content (AvgIpc) is 3.06. The smallest absolute Gasteiger partial charge is 0.359 e. The molecule has 0 radical (unpaired) electrons. The normalized spacial score (nSPS) is 14.2. The highest BCUT2D eigenvalue weighted by Gasteiger charge is 2.22. The van der Waals surface area contributed by atoms with Crippen molar-refractivity contribution in [3.05, 3.63) is 53.7 Å². The Bertz CT molecular complexity index is 1090. The number of fused-ring (bicyclic) bond motifs is 2. The Hall–Kier alpha value is -3.55. The molecule has 3 aromatic rings. The molecule has 2 heterocycles. The predicted octanol–water partition coefficient (Wildman–Crippen LogP) is 3.39. The van der Waals surface area contributed by atoms with Crippen molar-refractivity contribution < 1.29 is 23.8 Å². The Morgan fingerprint density at radius 3 is 2.71 bits per heavy atom. The molecule has 162 valence electrons. The van der Waals surface area contributed by atoms with Crippen molar-refractivity contribution in [2.45, 2.75) is 26.3 Å². The van der Waals surface area contributed by atoms with Crippen LogP contribution in [0, 0.1) is 5.92 Å². The second-order valence-electron chi connectivity index (χ2n) is 7.74. The summed E-state index contributed by atoms with van der Waals surface area (Å²) in [5, 5.41) is 10.4. The fourth-order valence-electron chi connectivity index (χ4n) is 3.54. The summed E-state index contributed by atoms with van der Waals surface area (Å²) in [6.07, 6.45) is 0.824. The van der Waals surface area contributed by atoms with Crippen LogP contribution >= 0.6 is 0 Å². The molecular formula is C23H25N3O5. The number of nitrogens with one attached hydrogen (secondary N) is 2. The van der Waals surface area contributed by atoms with Crippen molar-refractivity contribution in [3.8, 4) is 11.5 Å². The Kier molecular flexibility index (Phi) is 6.06. The van der Waals surface area contributed by atoms with Gasteiger partial charge in [0.15, 0.2) is 23.8 Å². The van der Waals surface area contributed by atoms with Gasteiger partial charge in [0.25, 0.3) is 5.91 Å². The van der Waals surface area contributed by atoms with E-state index in [1.54, 1.807) is 6.07 Å². The molecule has 4 rings (SSSR count). The number of aromatic amines is 1. The topological polar surface area (TPSA) is 103 Å². The second kappa shape index (κ2) is 9.07. The van der Waals surface area contributed by atoms with Crippen molar-refractivity contribution in [2.75, 3.05) is 19.8 Å². The van der Waals surface area contributed by atoms with E-state index in [0.29, 0.717) is 30.1 Å². The molecule has 2 N–H and O–H groups in total. The van der Waals surface area contributed by atoms with E-state index in [2.05, 4.69) is 15.5 Å². The number of benzene rings is 2. The largest absolute Gasteiger partial charge is 0.490 e. The highest BCUT2D eigenvalue weighted by Crippen LogP contribution is 2.34. The van der Waals surface area contributed by atoms with Crippen LogP contribution in [-0.4, -0.2) is 41.9 Å². The summed E-state index contributed by atoms with van der Waals surface area (Å²) in [5.74, 6) is 0.449. The number of amides is 1. The summed E-state index contributed by atoms with van der Waals surface area (Å²) < 4.78 is 16.6. The fraction of sp³-hybridized carbons (Fsp3) is 0.348. The van der Waals surface area contributed by atoms with Crippen LogP contribution < -0.4 is 14.8 Å². The maximum Gasteiger partial charge on any atom is 0.359 e.